The summed E-state index contributed by atoms with van der Waals surface area (Å²) in [5.41, 5.74) is 28.5. The number of hydrogen-bond donors (Lipinski definition) is 21. The van der Waals surface area contributed by atoms with Crippen LogP contribution in [-0.4, -0.2) is 210 Å². The highest BCUT2D eigenvalue weighted by molar-refractivity contribution is 8.00. The number of nitrogens with two attached hydrogens (primary N) is 5. The molecule has 0 aliphatic carbocycles. The summed E-state index contributed by atoms with van der Waals surface area (Å²) in [6.07, 6.45) is -7.73. The molecule has 26 N–H and O–H groups in total. The Hall–Kier alpha value is -11.2. The molecule has 0 spiro atoms. The van der Waals surface area contributed by atoms with E-state index >= 15 is 0 Å². The summed E-state index contributed by atoms with van der Waals surface area (Å²) in [6.45, 7) is 6.53. The van der Waals surface area contributed by atoms with E-state index in [-0.39, 0.29) is 71.4 Å². The summed E-state index contributed by atoms with van der Waals surface area (Å²) >= 11 is 0.804. The maximum atomic E-state index is 14.0. The number of aliphatic hydroxyl groups is 2. The van der Waals surface area contributed by atoms with E-state index in [0.29, 0.717) is 17.5 Å². The summed E-state index contributed by atoms with van der Waals surface area (Å²) < 4.78 is 5.93. The van der Waals surface area contributed by atoms with Crippen molar-refractivity contribution in [3.05, 3.63) is 76.9 Å². The molecule has 0 saturated carbocycles. The van der Waals surface area contributed by atoms with Gasteiger partial charge < -0.3 is 117 Å². The molecule has 556 valence electrons. The number of primary amides is 4. The molecule has 11 atom stereocenters. The van der Waals surface area contributed by atoms with E-state index in [1.54, 1.807) is 26.0 Å². The van der Waals surface area contributed by atoms with E-state index in [2.05, 4.69) is 37.2 Å². The first kappa shape index (κ1) is 83.2. The zero-order chi connectivity index (χ0) is 76.6. The van der Waals surface area contributed by atoms with E-state index in [4.69, 9.17) is 33.4 Å². The number of unbranched alkanes of at least 4 members (excludes halogenated alkanes) is 1. The zero-order valence-corrected chi connectivity index (χ0v) is 56.7. The minimum atomic E-state index is -2.17. The predicted octanol–water partition coefficient (Wildman–Crippen LogP) is -5.34. The highest BCUT2D eigenvalue weighted by Crippen LogP contribution is 2.50. The molecule has 4 rings (SSSR count). The van der Waals surface area contributed by atoms with E-state index in [0.717, 1.165) is 32.5 Å². The van der Waals surface area contributed by atoms with Crippen LogP contribution in [0.5, 0.6) is 23.0 Å². The van der Waals surface area contributed by atoms with Crippen LogP contribution < -0.4 is 86.6 Å². The van der Waals surface area contributed by atoms with Gasteiger partial charge in [-0.2, -0.15) is 0 Å². The minimum absolute atomic E-state index is 0.0469. The molecule has 0 saturated heterocycles. The number of amides is 14. The second-order valence-corrected chi connectivity index (χ2v) is 25.2. The predicted molar refractivity (Wildman–Crippen MR) is 358 cm³/mol. The van der Waals surface area contributed by atoms with Crippen LogP contribution in [-0.2, 0) is 71.9 Å². The number of thioether (sulfide) groups is 1. The molecular weight excluding hydrogens is 1370 g/mol. The number of nitrogens with one attached hydrogen (secondary N) is 10. The number of aliphatic hydroxyl groups excluding tert-OH is 2. The maximum absolute atomic E-state index is 14.0. The second-order valence-electron chi connectivity index (χ2n) is 24.1. The molecule has 1 aliphatic rings. The monoisotopic (exact) mass is 1450 g/mol. The third-order valence-corrected chi connectivity index (χ3v) is 16.2. The Morgan fingerprint density at radius 3 is 1.34 bits per heavy atom. The lowest BCUT2D eigenvalue weighted by Crippen LogP contribution is -2.62. The molecule has 0 aromatic heterocycles. The van der Waals surface area contributed by atoms with Crippen molar-refractivity contribution in [3.8, 4) is 23.0 Å². The standard InChI is InChI=1S/C63H85N15O23S/c1-26(2)16-38(56(92)77-43(54(68)90)24-102-25-49(87)70-30-9-12-33(36(17-30)63(99)100)51-34-13-10-31(82)18-44(34)101-45-19-32(83)11-14-35(45)51)72-57(93)39(20-46(65)84)73-58(94)40(21-47(66)85)74-59(95)41(22-48(67)86)76-62(98)53(28(4)80)78-60(96)42(23-50(88)89)75-55(91)37(8-6-7-15-64)71-61(97)52(27(3)79)69-29(5)81/h9-14,17-19,26-28,37-43,51-53,79-80,82-83H,6-8,15-16,20-25,64H2,1-5H3,(H2,65,84)(H2,66,85)(H2,67,86)(H2,68,90)(H,69,81)(H,70,87)(H,71,97)(H,72,93)(H,73,94)(H,74,95)(H,75,91)(H,76,98)(H,77,92)(H,78,96)(H,88,89)(H,99,100)/t27-,28-,37+,38+,39+,40+,41+,42+,43+,52+,53+/m1/s1. The molecule has 1 heterocycles. The Morgan fingerprint density at radius 1 is 0.500 bits per heavy atom. The van der Waals surface area contributed by atoms with Gasteiger partial charge >= 0.3 is 11.9 Å². The molecule has 0 bridgehead atoms. The second kappa shape index (κ2) is 39.0. The van der Waals surface area contributed by atoms with Crippen LogP contribution in [0.25, 0.3) is 0 Å². The number of phenolic OH excluding ortho intramolecular Hbond substituents is 2. The van der Waals surface area contributed by atoms with Crippen molar-refractivity contribution >= 4 is 112 Å². The van der Waals surface area contributed by atoms with Gasteiger partial charge in [0.2, 0.25) is 82.7 Å². The molecule has 0 radical (unpaired) electrons. The van der Waals surface area contributed by atoms with E-state index < -0.39 is 204 Å². The van der Waals surface area contributed by atoms with Gasteiger partial charge in [0.1, 0.15) is 77.4 Å². The van der Waals surface area contributed by atoms with Gasteiger partial charge in [0.25, 0.3) is 0 Å². The molecule has 0 unspecified atom stereocenters. The molecular formula is C63H85N15O23S. The van der Waals surface area contributed by atoms with Crippen LogP contribution in [0, 0.1) is 5.92 Å². The summed E-state index contributed by atoms with van der Waals surface area (Å²) in [5.74, 6) is -21.7. The third-order valence-electron chi connectivity index (χ3n) is 15.1. The Labute approximate surface area is 586 Å². The summed E-state index contributed by atoms with van der Waals surface area (Å²) in [4.78, 5) is 210. The number of rotatable bonds is 41. The Morgan fingerprint density at radius 2 is 0.912 bits per heavy atom. The molecule has 38 nitrogen and oxygen atoms in total. The smallest absolute Gasteiger partial charge is 0.336 e. The molecule has 3 aromatic rings. The van der Waals surface area contributed by atoms with Crippen LogP contribution in [0.15, 0.2) is 54.6 Å². The fourth-order valence-electron chi connectivity index (χ4n) is 10.3. The van der Waals surface area contributed by atoms with Gasteiger partial charge in [0.15, 0.2) is 0 Å². The maximum Gasteiger partial charge on any atom is 0.336 e. The first-order valence-corrected chi connectivity index (χ1v) is 32.7. The van der Waals surface area contributed by atoms with Crippen LogP contribution >= 0.6 is 11.8 Å². The number of carbonyl (C=O) groups is 16. The number of aliphatic carboxylic acids is 1. The first-order chi connectivity index (χ1) is 47.8. The Balaban J connectivity index is 1.47. The highest BCUT2D eigenvalue weighted by atomic mass is 32.2. The van der Waals surface area contributed by atoms with Gasteiger partial charge in [-0.15, -0.1) is 11.8 Å². The number of fused-ring (bicyclic) bond motifs is 2. The number of hydrogen-bond acceptors (Lipinski definition) is 23. The lowest BCUT2D eigenvalue weighted by atomic mass is 9.80. The van der Waals surface area contributed by atoms with Crippen LogP contribution in [0.4, 0.5) is 5.69 Å². The van der Waals surface area contributed by atoms with Gasteiger partial charge in [0, 0.05) is 47.5 Å². The van der Waals surface area contributed by atoms with Crippen LogP contribution in [0.3, 0.4) is 0 Å². The number of anilines is 1. The number of carbonyl (C=O) groups excluding carboxylic acids is 14. The minimum Gasteiger partial charge on any atom is -0.508 e. The van der Waals surface area contributed by atoms with E-state index in [9.17, 15) is 107 Å². The van der Waals surface area contributed by atoms with Crippen molar-refractivity contribution in [2.45, 2.75) is 158 Å². The fraction of sp³-hybridized carbons (Fsp3) is 0.460. The number of carboxylic acid groups (broad SMARTS) is 2. The number of carboxylic acids is 2. The van der Waals surface area contributed by atoms with Crippen molar-refractivity contribution in [2.75, 3.05) is 23.4 Å². The zero-order valence-electron chi connectivity index (χ0n) is 55.9. The van der Waals surface area contributed by atoms with Gasteiger partial charge in [0.05, 0.1) is 49.2 Å². The van der Waals surface area contributed by atoms with Gasteiger partial charge in [-0.05, 0) is 81.8 Å². The SMILES string of the molecule is CC(=O)N[C@H](C(=O)N[C@@H](CCCCN)C(=O)N[C@@H](CC(=O)O)C(=O)N[C@H](C(=O)N[C@@H](CC(N)=O)C(=O)N[C@@H](CC(N)=O)C(=O)N[C@@H](CC(N)=O)C(=O)N[C@@H](CC(C)C)C(=O)N[C@@H](CSCC(=O)Nc1ccc(C2c3ccc(O)cc3Oc3cc(O)ccc32)c(C(=O)O)c1)C(N)=O)[C@@H](C)O)[C@@H](C)O. The quantitative estimate of drug-likeness (QED) is 0.0185. The average molecular weight is 1450 g/mol. The summed E-state index contributed by atoms with van der Waals surface area (Å²) in [5, 5.41) is 83.6. The van der Waals surface area contributed by atoms with E-state index in [1.165, 1.54) is 42.5 Å². The van der Waals surface area contributed by atoms with Crippen LogP contribution in [0.1, 0.15) is 119 Å². The molecule has 0 fully saturated rings. The molecule has 39 heteroatoms. The lowest BCUT2D eigenvalue weighted by molar-refractivity contribution is -0.142. The van der Waals surface area contributed by atoms with Crippen LogP contribution in [0.2, 0.25) is 0 Å². The summed E-state index contributed by atoms with van der Waals surface area (Å²) in [6, 6.07) is -4.14. The molecule has 102 heavy (non-hydrogen) atoms. The number of benzene rings is 3. The van der Waals surface area contributed by atoms with E-state index in [1.807, 2.05) is 16.0 Å². The normalized spacial score (nSPS) is 14.8. The lowest BCUT2D eigenvalue weighted by Gasteiger charge is -2.29. The largest absolute Gasteiger partial charge is 0.508 e. The van der Waals surface area contributed by atoms with Gasteiger partial charge in [-0.3, -0.25) is 71.9 Å². The molecule has 14 amide bonds. The van der Waals surface area contributed by atoms with Crippen molar-refractivity contribution in [1.29, 1.82) is 0 Å². The summed E-state index contributed by atoms with van der Waals surface area (Å²) in [7, 11) is 0. The van der Waals surface area contributed by atoms with Crippen molar-refractivity contribution < 1.29 is 112 Å². The van der Waals surface area contributed by atoms with Crippen molar-refractivity contribution in [2.24, 2.45) is 34.6 Å². The Bertz CT molecular complexity index is 3620. The first-order valence-electron chi connectivity index (χ1n) is 31.5. The highest BCUT2D eigenvalue weighted by Gasteiger charge is 2.39. The molecule has 3 aromatic carbocycles. The van der Waals surface area contributed by atoms with Crippen molar-refractivity contribution in [3.63, 3.8) is 0 Å². The molecule has 1 aliphatic heterocycles. The number of phenols is 2. The Kier molecular flexibility index (Phi) is 31.8. The topological polar surface area (TPSA) is 654 Å². The average Bonchev–Trinajstić information content (AvgIpc) is 0.748. The van der Waals surface area contributed by atoms with Gasteiger partial charge in [-0.1, -0.05) is 32.0 Å². The van der Waals surface area contributed by atoms with Crippen molar-refractivity contribution in [1.82, 2.24) is 47.9 Å². The number of ether oxygens (including phenoxy) is 1. The number of aromatic hydroxyl groups is 2. The van der Waals surface area contributed by atoms with Gasteiger partial charge in [-0.25, -0.2) is 4.79 Å². The fourth-order valence-corrected chi connectivity index (χ4v) is 11.2. The third kappa shape index (κ3) is 25.8. The number of aromatic carboxylic acids is 1.